The van der Waals surface area contributed by atoms with Crippen LogP contribution in [-0.4, -0.2) is 49.3 Å². The number of nitrogens with zero attached hydrogens (tertiary/aromatic N) is 1. The van der Waals surface area contributed by atoms with Crippen LogP contribution in [0.15, 0.2) is 0 Å². The highest BCUT2D eigenvalue weighted by Crippen LogP contribution is 2.05. The third kappa shape index (κ3) is 9.94. The van der Waals surface area contributed by atoms with Crippen LogP contribution in [0, 0.1) is 5.21 Å². The number of hydrogen-bond acceptors (Lipinski definition) is 2. The monoisotopic (exact) mass is 293 g/mol. The van der Waals surface area contributed by atoms with Gasteiger partial charge in [0.1, 0.15) is 6.54 Å². The molecular formula is C10H22Cl3NO2. The minimum atomic E-state index is -0.334. The van der Waals surface area contributed by atoms with E-state index in [0.29, 0.717) is 38.0 Å². The maximum atomic E-state index is 12.0. The summed E-state index contributed by atoms with van der Waals surface area (Å²) in [5, 5.41) is 12.0. The van der Waals surface area contributed by atoms with Crippen LogP contribution in [0.2, 0.25) is 0 Å². The van der Waals surface area contributed by atoms with Crippen LogP contribution in [0.3, 0.4) is 0 Å². The van der Waals surface area contributed by atoms with Gasteiger partial charge in [-0.2, -0.15) is 0 Å². The molecule has 0 aromatic heterocycles. The molecule has 0 amide bonds. The lowest BCUT2D eigenvalue weighted by atomic mass is 10.4. The minimum absolute atomic E-state index is 0. The van der Waals surface area contributed by atoms with Gasteiger partial charge in [-0.1, -0.05) is 13.3 Å². The standard InChI is InChI=1S/C10H21Cl2NO2.ClH/c1-2-3-9-15-10-8-13(14,6-4-11)7-5-12;/h2-10H2,1H3;1H. The highest BCUT2D eigenvalue weighted by Gasteiger charge is 2.14. The minimum Gasteiger partial charge on any atom is -0.633 e. The van der Waals surface area contributed by atoms with Gasteiger partial charge in [0.15, 0.2) is 0 Å². The SMILES string of the molecule is CCCCOCC[N+]([O-])(CCCl)CCCl.Cl. The van der Waals surface area contributed by atoms with Gasteiger partial charge in [-0.25, -0.2) is 0 Å². The van der Waals surface area contributed by atoms with Crippen LogP contribution in [-0.2, 0) is 4.74 Å². The fraction of sp³-hybridized carbons (Fsp3) is 1.00. The summed E-state index contributed by atoms with van der Waals surface area (Å²) >= 11 is 11.2. The van der Waals surface area contributed by atoms with E-state index < -0.39 is 0 Å². The zero-order valence-corrected chi connectivity index (χ0v) is 12.1. The maximum Gasteiger partial charge on any atom is 0.102 e. The molecule has 0 aliphatic heterocycles. The van der Waals surface area contributed by atoms with Gasteiger partial charge in [0, 0.05) is 6.61 Å². The van der Waals surface area contributed by atoms with E-state index in [2.05, 4.69) is 6.92 Å². The Morgan fingerprint density at radius 1 is 1.06 bits per heavy atom. The number of alkyl halides is 2. The van der Waals surface area contributed by atoms with Crippen molar-refractivity contribution < 1.29 is 9.38 Å². The van der Waals surface area contributed by atoms with E-state index in [4.69, 9.17) is 27.9 Å². The van der Waals surface area contributed by atoms with Crippen LogP contribution >= 0.6 is 35.6 Å². The molecule has 0 radical (unpaired) electrons. The molecule has 0 N–H and O–H groups in total. The molecule has 0 saturated heterocycles. The van der Waals surface area contributed by atoms with Crippen molar-refractivity contribution in [3.8, 4) is 0 Å². The first kappa shape index (κ1) is 19.1. The molecule has 0 saturated carbocycles. The molecule has 0 atom stereocenters. The lowest BCUT2D eigenvalue weighted by Crippen LogP contribution is -2.47. The Labute approximate surface area is 115 Å². The van der Waals surface area contributed by atoms with Crippen molar-refractivity contribution in [3.05, 3.63) is 5.21 Å². The van der Waals surface area contributed by atoms with E-state index in [9.17, 15) is 5.21 Å². The molecule has 6 heteroatoms. The quantitative estimate of drug-likeness (QED) is 0.268. The molecule has 0 aromatic carbocycles. The summed E-state index contributed by atoms with van der Waals surface area (Å²) < 4.78 is 5.03. The summed E-state index contributed by atoms with van der Waals surface area (Å²) in [5.41, 5.74) is 0. The molecule has 100 valence electrons. The molecule has 0 aliphatic rings. The van der Waals surface area contributed by atoms with Crippen molar-refractivity contribution in [2.24, 2.45) is 0 Å². The first-order valence-corrected chi connectivity index (χ1v) is 6.52. The van der Waals surface area contributed by atoms with Crippen molar-refractivity contribution >= 4 is 35.6 Å². The third-order valence-corrected chi connectivity index (χ3v) is 2.61. The van der Waals surface area contributed by atoms with Gasteiger partial charge in [0.05, 0.1) is 31.5 Å². The molecule has 0 rings (SSSR count). The molecule has 0 heterocycles. The third-order valence-electron chi connectivity index (χ3n) is 2.27. The largest absolute Gasteiger partial charge is 0.633 e. The van der Waals surface area contributed by atoms with Crippen molar-refractivity contribution in [1.29, 1.82) is 0 Å². The smallest absolute Gasteiger partial charge is 0.102 e. The van der Waals surface area contributed by atoms with Crippen LogP contribution in [0.4, 0.5) is 0 Å². The molecule has 0 aromatic rings. The van der Waals surface area contributed by atoms with Crippen LogP contribution in [0.25, 0.3) is 0 Å². The van der Waals surface area contributed by atoms with Crippen molar-refractivity contribution in [1.82, 2.24) is 0 Å². The second-order valence-corrected chi connectivity index (χ2v) is 4.33. The average molecular weight is 295 g/mol. The Kier molecular flexibility index (Phi) is 14.6. The summed E-state index contributed by atoms with van der Waals surface area (Å²) in [7, 11) is 0. The number of hydrogen-bond donors (Lipinski definition) is 0. The van der Waals surface area contributed by atoms with Gasteiger partial charge in [-0.3, -0.25) is 0 Å². The number of quaternary nitrogens is 1. The van der Waals surface area contributed by atoms with Gasteiger partial charge in [0.25, 0.3) is 0 Å². The zero-order chi connectivity index (χ0) is 11.6. The van der Waals surface area contributed by atoms with Crippen LogP contribution < -0.4 is 0 Å². The highest BCUT2D eigenvalue weighted by atomic mass is 35.5. The molecule has 3 nitrogen and oxygen atoms in total. The van der Waals surface area contributed by atoms with Gasteiger partial charge in [-0.15, -0.1) is 35.6 Å². The second kappa shape index (κ2) is 12.2. The Balaban J connectivity index is 0. The first-order valence-electron chi connectivity index (χ1n) is 5.45. The summed E-state index contributed by atoms with van der Waals surface area (Å²) in [6, 6.07) is 0. The normalized spacial score (nSPS) is 11.2. The predicted molar refractivity (Wildman–Crippen MR) is 72.6 cm³/mol. The van der Waals surface area contributed by atoms with E-state index in [1.165, 1.54) is 0 Å². The summed E-state index contributed by atoms with van der Waals surface area (Å²) in [4.78, 5) is 0. The fourth-order valence-corrected chi connectivity index (χ4v) is 1.84. The van der Waals surface area contributed by atoms with Crippen LogP contribution in [0.5, 0.6) is 0 Å². The lowest BCUT2D eigenvalue weighted by molar-refractivity contribution is -0.876. The van der Waals surface area contributed by atoms with Gasteiger partial charge >= 0.3 is 0 Å². The van der Waals surface area contributed by atoms with Crippen molar-refractivity contribution in [3.63, 3.8) is 0 Å². The summed E-state index contributed by atoms with van der Waals surface area (Å²) in [5.74, 6) is 0.741. The Bertz CT molecular complexity index is 144. The Morgan fingerprint density at radius 3 is 2.06 bits per heavy atom. The van der Waals surface area contributed by atoms with E-state index in [1.807, 2.05) is 0 Å². The molecule has 16 heavy (non-hydrogen) atoms. The molecule has 0 bridgehead atoms. The zero-order valence-electron chi connectivity index (χ0n) is 9.79. The van der Waals surface area contributed by atoms with E-state index in [-0.39, 0.29) is 17.1 Å². The lowest BCUT2D eigenvalue weighted by Gasteiger charge is -2.41. The first-order chi connectivity index (χ1) is 7.18. The predicted octanol–water partition coefficient (Wildman–Crippen LogP) is 3.02. The highest BCUT2D eigenvalue weighted by molar-refractivity contribution is 6.18. The topological polar surface area (TPSA) is 32.3 Å². The van der Waals surface area contributed by atoms with Crippen molar-refractivity contribution in [2.75, 3.05) is 44.6 Å². The van der Waals surface area contributed by atoms with Crippen LogP contribution in [0.1, 0.15) is 19.8 Å². The number of ether oxygens (including phenoxy) is 1. The fourth-order valence-electron chi connectivity index (χ4n) is 1.22. The molecular weight excluding hydrogens is 272 g/mol. The Hall–Kier alpha value is 0.750. The molecule has 0 spiro atoms. The number of hydroxylamine groups is 3. The van der Waals surface area contributed by atoms with Gasteiger partial charge < -0.3 is 14.6 Å². The van der Waals surface area contributed by atoms with Gasteiger partial charge in [-0.05, 0) is 6.42 Å². The number of halogens is 3. The molecule has 0 unspecified atom stereocenters. The second-order valence-electron chi connectivity index (χ2n) is 3.57. The number of rotatable bonds is 10. The van der Waals surface area contributed by atoms with E-state index >= 15 is 0 Å². The summed E-state index contributed by atoms with van der Waals surface area (Å²) in [6.45, 7) is 4.60. The molecule has 0 fully saturated rings. The summed E-state index contributed by atoms with van der Waals surface area (Å²) in [6.07, 6.45) is 2.16. The van der Waals surface area contributed by atoms with Crippen molar-refractivity contribution in [2.45, 2.75) is 19.8 Å². The number of unbranched alkanes of at least 4 members (excludes halogenated alkanes) is 1. The van der Waals surface area contributed by atoms with E-state index in [1.54, 1.807) is 0 Å². The van der Waals surface area contributed by atoms with E-state index in [0.717, 1.165) is 19.4 Å². The molecule has 0 aliphatic carbocycles. The maximum absolute atomic E-state index is 12.0. The average Bonchev–Trinajstić information content (AvgIpc) is 2.18. The van der Waals surface area contributed by atoms with Gasteiger partial charge in [0.2, 0.25) is 0 Å². The Morgan fingerprint density at radius 2 is 1.62 bits per heavy atom.